The largest absolute Gasteiger partial charge is 0.453 e. The molecule has 0 fully saturated rings. The van der Waals surface area contributed by atoms with E-state index >= 15 is 0 Å². The quantitative estimate of drug-likeness (QED) is 0.731. The Morgan fingerprint density at radius 3 is 3.12 bits per heavy atom. The van der Waals surface area contributed by atoms with Crippen LogP contribution in [0.2, 0.25) is 0 Å². The highest BCUT2D eigenvalue weighted by atomic mass is 32.1. The van der Waals surface area contributed by atoms with E-state index in [0.717, 1.165) is 12.8 Å². The minimum Gasteiger partial charge on any atom is -0.453 e. The van der Waals surface area contributed by atoms with E-state index < -0.39 is 0 Å². The van der Waals surface area contributed by atoms with Crippen molar-refractivity contribution in [1.29, 1.82) is 0 Å². The van der Waals surface area contributed by atoms with Gasteiger partial charge in [-0.15, -0.1) is 11.3 Å². The van der Waals surface area contributed by atoms with Crippen LogP contribution in [0.5, 0.6) is 0 Å². The maximum Gasteiger partial charge on any atom is 0.348 e. The molecule has 0 spiro atoms. The zero-order valence-corrected chi connectivity index (χ0v) is 14.7. The summed E-state index contributed by atoms with van der Waals surface area (Å²) in [4.78, 5) is 33.3. The van der Waals surface area contributed by atoms with Crippen molar-refractivity contribution in [3.8, 4) is 0 Å². The van der Waals surface area contributed by atoms with E-state index in [1.807, 2.05) is 12.1 Å². The highest BCUT2D eigenvalue weighted by Gasteiger charge is 2.21. The molecule has 1 atom stereocenters. The van der Waals surface area contributed by atoms with Gasteiger partial charge in [0.15, 0.2) is 0 Å². The average molecular weight is 354 g/mol. The van der Waals surface area contributed by atoms with E-state index in [9.17, 15) is 9.59 Å². The smallest absolute Gasteiger partial charge is 0.348 e. The van der Waals surface area contributed by atoms with E-state index in [4.69, 9.17) is 4.74 Å². The Labute approximate surface area is 148 Å². The molecular weight excluding hydrogens is 336 g/mol. The predicted octanol–water partition coefficient (Wildman–Crippen LogP) is 3.47. The Morgan fingerprint density at radius 2 is 2.24 bits per heavy atom. The number of aryl methyl sites for hydroxylation is 1. The van der Waals surface area contributed by atoms with Crippen molar-refractivity contribution in [3.05, 3.63) is 61.8 Å². The molecule has 5 nitrogen and oxygen atoms in total. The van der Waals surface area contributed by atoms with Gasteiger partial charge in [-0.3, -0.25) is 4.79 Å². The van der Waals surface area contributed by atoms with Crippen LogP contribution in [-0.2, 0) is 24.2 Å². The summed E-state index contributed by atoms with van der Waals surface area (Å²) in [5.41, 5.74) is 1.64. The molecular formula is C19H18N2O3S. The van der Waals surface area contributed by atoms with Crippen LogP contribution in [0, 0.1) is 5.92 Å². The first-order chi connectivity index (χ1) is 12.1. The minimum atomic E-state index is -0.358. The predicted molar refractivity (Wildman–Crippen MR) is 97.0 cm³/mol. The Hall–Kier alpha value is -2.47. The number of carbonyl (C=O) groups is 1. The third kappa shape index (κ3) is 3.22. The molecule has 3 aromatic rings. The molecule has 1 N–H and O–H groups in total. The third-order valence-electron chi connectivity index (χ3n) is 4.53. The molecule has 4 rings (SSSR count). The Bertz CT molecular complexity index is 1010. The molecule has 0 saturated heterocycles. The van der Waals surface area contributed by atoms with E-state index in [1.54, 1.807) is 18.2 Å². The highest BCUT2D eigenvalue weighted by Crippen LogP contribution is 2.32. The first kappa shape index (κ1) is 16.0. The van der Waals surface area contributed by atoms with Gasteiger partial charge in [-0.05, 0) is 48.9 Å². The SMILES string of the molecule is C[C@@H]1CCc2sc(C(=O)OCc3nc4ccccc4c(=O)[nH]3)cc2C1. The number of nitrogens with zero attached hydrogens (tertiary/aromatic N) is 1. The number of aromatic nitrogens is 2. The Balaban J connectivity index is 1.50. The lowest BCUT2D eigenvalue weighted by Crippen LogP contribution is -2.14. The maximum atomic E-state index is 12.3. The zero-order chi connectivity index (χ0) is 17.4. The Kier molecular flexibility index (Phi) is 4.13. The van der Waals surface area contributed by atoms with Gasteiger partial charge in [-0.2, -0.15) is 0 Å². The van der Waals surface area contributed by atoms with Gasteiger partial charge in [0.25, 0.3) is 5.56 Å². The average Bonchev–Trinajstić information content (AvgIpc) is 3.03. The number of esters is 1. The van der Waals surface area contributed by atoms with Gasteiger partial charge < -0.3 is 9.72 Å². The zero-order valence-electron chi connectivity index (χ0n) is 13.9. The van der Waals surface area contributed by atoms with Crippen LogP contribution in [0.25, 0.3) is 10.9 Å². The second-order valence-corrected chi connectivity index (χ2v) is 7.65. The highest BCUT2D eigenvalue weighted by molar-refractivity contribution is 7.14. The monoisotopic (exact) mass is 354 g/mol. The summed E-state index contributed by atoms with van der Waals surface area (Å²) in [6.45, 7) is 2.19. The number of para-hydroxylation sites is 1. The van der Waals surface area contributed by atoms with Crippen LogP contribution in [0.1, 0.15) is 39.3 Å². The van der Waals surface area contributed by atoms with Crippen LogP contribution in [0.4, 0.5) is 0 Å². The van der Waals surface area contributed by atoms with Crippen molar-refractivity contribution < 1.29 is 9.53 Å². The molecule has 0 unspecified atom stereocenters. The van der Waals surface area contributed by atoms with Crippen LogP contribution in [-0.4, -0.2) is 15.9 Å². The molecule has 25 heavy (non-hydrogen) atoms. The van der Waals surface area contributed by atoms with Gasteiger partial charge in [0.05, 0.1) is 10.9 Å². The summed E-state index contributed by atoms with van der Waals surface area (Å²) in [5, 5.41) is 0.526. The lowest BCUT2D eigenvalue weighted by atomic mass is 9.90. The topological polar surface area (TPSA) is 72.0 Å². The molecule has 0 radical (unpaired) electrons. The van der Waals surface area contributed by atoms with Crippen LogP contribution < -0.4 is 5.56 Å². The number of aromatic amines is 1. The molecule has 1 aliphatic carbocycles. The molecule has 0 saturated carbocycles. The van der Waals surface area contributed by atoms with Crippen LogP contribution >= 0.6 is 11.3 Å². The second-order valence-electron chi connectivity index (χ2n) is 6.51. The molecule has 128 valence electrons. The van der Waals surface area contributed by atoms with Gasteiger partial charge in [-0.25, -0.2) is 9.78 Å². The maximum absolute atomic E-state index is 12.3. The summed E-state index contributed by atoms with van der Waals surface area (Å²) < 4.78 is 5.36. The molecule has 6 heteroatoms. The Morgan fingerprint density at radius 1 is 1.40 bits per heavy atom. The van der Waals surface area contributed by atoms with Gasteiger partial charge in [0, 0.05) is 4.88 Å². The van der Waals surface area contributed by atoms with Crippen LogP contribution in [0.3, 0.4) is 0 Å². The third-order valence-corrected chi connectivity index (χ3v) is 5.75. The molecule has 2 heterocycles. The number of benzene rings is 1. The van der Waals surface area contributed by atoms with Crippen molar-refractivity contribution in [3.63, 3.8) is 0 Å². The van der Waals surface area contributed by atoms with Gasteiger partial charge in [-0.1, -0.05) is 19.1 Å². The number of rotatable bonds is 3. The number of thiophene rings is 1. The number of fused-ring (bicyclic) bond motifs is 2. The number of hydrogen-bond donors (Lipinski definition) is 1. The lowest BCUT2D eigenvalue weighted by molar-refractivity contribution is 0.0468. The normalized spacial score (nSPS) is 16.6. The minimum absolute atomic E-state index is 0.0438. The lowest BCUT2D eigenvalue weighted by Gasteiger charge is -2.16. The summed E-state index contributed by atoms with van der Waals surface area (Å²) in [5.74, 6) is 0.660. The number of H-pyrrole nitrogens is 1. The molecule has 2 aromatic heterocycles. The number of ether oxygens (including phenoxy) is 1. The van der Waals surface area contributed by atoms with Crippen molar-refractivity contribution in [1.82, 2.24) is 9.97 Å². The van der Waals surface area contributed by atoms with Gasteiger partial charge in [0.2, 0.25) is 0 Å². The second kappa shape index (κ2) is 6.44. The van der Waals surface area contributed by atoms with Crippen molar-refractivity contribution >= 4 is 28.2 Å². The molecule has 0 bridgehead atoms. The van der Waals surface area contributed by atoms with Crippen molar-refractivity contribution in [2.75, 3.05) is 0 Å². The van der Waals surface area contributed by atoms with Crippen molar-refractivity contribution in [2.45, 2.75) is 32.8 Å². The first-order valence-electron chi connectivity index (χ1n) is 8.37. The standard InChI is InChI=1S/C19H18N2O3S/c1-11-6-7-15-12(8-11)9-16(25-15)19(23)24-10-17-20-14-5-3-2-4-13(14)18(22)21-17/h2-5,9,11H,6-8,10H2,1H3,(H,20,21,22)/t11-/m1/s1. The van der Waals surface area contributed by atoms with Crippen LogP contribution in [0.15, 0.2) is 35.1 Å². The van der Waals surface area contributed by atoms with E-state index in [1.165, 1.54) is 28.2 Å². The summed E-state index contributed by atoms with van der Waals surface area (Å²) in [6, 6.07) is 9.05. The molecule has 1 aliphatic rings. The number of hydrogen-bond acceptors (Lipinski definition) is 5. The van der Waals surface area contributed by atoms with E-state index in [2.05, 4.69) is 16.9 Å². The summed E-state index contributed by atoms with van der Waals surface area (Å²) >= 11 is 1.52. The fourth-order valence-corrected chi connectivity index (χ4v) is 4.32. The van der Waals surface area contributed by atoms with Crippen molar-refractivity contribution in [2.24, 2.45) is 5.92 Å². The van der Waals surface area contributed by atoms with Gasteiger partial charge >= 0.3 is 5.97 Å². The summed E-state index contributed by atoms with van der Waals surface area (Å²) in [6.07, 6.45) is 3.23. The fraction of sp³-hybridized carbons (Fsp3) is 0.316. The number of carbonyl (C=O) groups excluding carboxylic acids is 1. The number of nitrogens with one attached hydrogen (secondary N) is 1. The summed E-state index contributed by atoms with van der Waals surface area (Å²) in [7, 11) is 0. The fourth-order valence-electron chi connectivity index (χ4n) is 3.21. The molecule has 1 aromatic carbocycles. The molecule has 0 amide bonds. The van der Waals surface area contributed by atoms with E-state index in [0.29, 0.717) is 27.5 Å². The molecule has 0 aliphatic heterocycles. The first-order valence-corrected chi connectivity index (χ1v) is 9.18. The van der Waals surface area contributed by atoms with Gasteiger partial charge in [0.1, 0.15) is 17.3 Å². The van der Waals surface area contributed by atoms with E-state index in [-0.39, 0.29) is 18.1 Å².